The molecule has 2 aromatic carbocycles. The van der Waals surface area contributed by atoms with Crippen molar-refractivity contribution in [3.8, 4) is 0 Å². The van der Waals surface area contributed by atoms with E-state index in [1.807, 2.05) is 0 Å². The van der Waals surface area contributed by atoms with Gasteiger partial charge in [-0.05, 0) is 24.3 Å². The molecule has 0 fully saturated rings. The van der Waals surface area contributed by atoms with E-state index in [0.717, 1.165) is 24.3 Å². The van der Waals surface area contributed by atoms with Gasteiger partial charge in [-0.2, -0.15) is 0 Å². The van der Waals surface area contributed by atoms with Gasteiger partial charge in [0.1, 0.15) is 11.6 Å². The Morgan fingerprint density at radius 2 is 1.52 bits per heavy atom. The molecule has 0 unspecified atom stereocenters. The number of carbonyl (C=O) groups is 1. The van der Waals surface area contributed by atoms with Gasteiger partial charge in [-0.25, -0.2) is 17.6 Å². The van der Waals surface area contributed by atoms with Crippen LogP contribution < -0.4 is 10.6 Å². The summed E-state index contributed by atoms with van der Waals surface area (Å²) in [6, 6.07) is 5.64. The lowest BCUT2D eigenvalue weighted by Gasteiger charge is -2.08. The van der Waals surface area contributed by atoms with E-state index in [1.165, 1.54) is 6.07 Å². The Morgan fingerprint density at radius 1 is 0.857 bits per heavy atom. The van der Waals surface area contributed by atoms with E-state index in [4.69, 9.17) is 0 Å². The molecule has 3 nitrogen and oxygen atoms in total. The molecule has 2 N–H and O–H groups in total. The first-order valence-electron chi connectivity index (χ1n) is 5.89. The topological polar surface area (TPSA) is 41.1 Å². The van der Waals surface area contributed by atoms with E-state index < -0.39 is 29.2 Å². The molecule has 21 heavy (non-hydrogen) atoms. The van der Waals surface area contributed by atoms with Crippen LogP contribution >= 0.6 is 0 Å². The molecule has 2 rings (SSSR count). The molecule has 0 saturated carbocycles. The molecule has 0 atom stereocenters. The van der Waals surface area contributed by atoms with Crippen molar-refractivity contribution in [2.45, 2.75) is 0 Å². The van der Waals surface area contributed by atoms with Crippen molar-refractivity contribution >= 4 is 17.3 Å². The Labute approximate surface area is 117 Å². The van der Waals surface area contributed by atoms with Gasteiger partial charge in [-0.3, -0.25) is 4.79 Å². The summed E-state index contributed by atoms with van der Waals surface area (Å²) in [6.45, 7) is -0.290. The lowest BCUT2D eigenvalue weighted by Crippen LogP contribution is -2.22. The quantitative estimate of drug-likeness (QED) is 0.850. The summed E-state index contributed by atoms with van der Waals surface area (Å²) in [6.07, 6.45) is 0. The first kappa shape index (κ1) is 14.8. The second-order valence-electron chi connectivity index (χ2n) is 4.19. The Kier molecular flexibility index (Phi) is 4.42. The van der Waals surface area contributed by atoms with Crippen molar-refractivity contribution in [2.75, 3.05) is 17.2 Å². The van der Waals surface area contributed by atoms with Crippen molar-refractivity contribution in [1.29, 1.82) is 0 Å². The molecule has 0 bridgehead atoms. The van der Waals surface area contributed by atoms with E-state index in [-0.39, 0.29) is 17.9 Å². The molecule has 0 radical (unpaired) electrons. The van der Waals surface area contributed by atoms with Gasteiger partial charge < -0.3 is 10.6 Å². The van der Waals surface area contributed by atoms with Crippen LogP contribution in [0, 0.1) is 23.3 Å². The van der Waals surface area contributed by atoms with E-state index in [9.17, 15) is 22.4 Å². The van der Waals surface area contributed by atoms with Crippen LogP contribution in [0.15, 0.2) is 36.4 Å². The first-order chi connectivity index (χ1) is 9.94. The maximum absolute atomic E-state index is 12.9. The third-order valence-electron chi connectivity index (χ3n) is 2.52. The highest BCUT2D eigenvalue weighted by molar-refractivity contribution is 5.93. The minimum Gasteiger partial charge on any atom is -0.376 e. The van der Waals surface area contributed by atoms with Gasteiger partial charge in [0.2, 0.25) is 5.91 Å². The van der Waals surface area contributed by atoms with E-state index >= 15 is 0 Å². The smallest absolute Gasteiger partial charge is 0.243 e. The minimum absolute atomic E-state index is 0.0751. The van der Waals surface area contributed by atoms with Crippen LogP contribution in [0.4, 0.5) is 28.9 Å². The summed E-state index contributed by atoms with van der Waals surface area (Å²) in [5, 5.41) is 4.83. The van der Waals surface area contributed by atoms with Crippen LogP contribution in [0.5, 0.6) is 0 Å². The van der Waals surface area contributed by atoms with Crippen LogP contribution in [0.25, 0.3) is 0 Å². The minimum atomic E-state index is -1.09. The van der Waals surface area contributed by atoms with Gasteiger partial charge in [-0.15, -0.1) is 0 Å². The SMILES string of the molecule is O=C(CNc1cc(F)cc(F)c1)Nc1ccc(F)c(F)c1. The van der Waals surface area contributed by atoms with Gasteiger partial charge in [0.05, 0.1) is 6.54 Å². The molecule has 0 aliphatic carbocycles. The van der Waals surface area contributed by atoms with Gasteiger partial charge >= 0.3 is 0 Å². The first-order valence-corrected chi connectivity index (χ1v) is 5.89. The Morgan fingerprint density at radius 3 is 2.14 bits per heavy atom. The zero-order chi connectivity index (χ0) is 15.4. The molecule has 0 spiro atoms. The zero-order valence-electron chi connectivity index (χ0n) is 10.6. The van der Waals surface area contributed by atoms with Crippen LogP contribution in [0.2, 0.25) is 0 Å². The highest BCUT2D eigenvalue weighted by Crippen LogP contribution is 2.14. The summed E-state index contributed by atoms with van der Waals surface area (Å²) in [7, 11) is 0. The molecule has 110 valence electrons. The number of benzene rings is 2. The molecule has 0 saturated heterocycles. The van der Waals surface area contributed by atoms with Crippen molar-refractivity contribution in [1.82, 2.24) is 0 Å². The molecular weight excluding hydrogens is 288 g/mol. The monoisotopic (exact) mass is 298 g/mol. The van der Waals surface area contributed by atoms with Gasteiger partial charge in [-0.1, -0.05) is 0 Å². The molecular formula is C14H10F4N2O. The molecule has 1 amide bonds. The lowest BCUT2D eigenvalue weighted by molar-refractivity contribution is -0.114. The largest absolute Gasteiger partial charge is 0.376 e. The van der Waals surface area contributed by atoms with Crippen LogP contribution in [-0.4, -0.2) is 12.5 Å². The number of amides is 1. The predicted molar refractivity (Wildman–Crippen MR) is 69.8 cm³/mol. The fourth-order valence-corrected chi connectivity index (χ4v) is 1.62. The molecule has 2 aromatic rings. The van der Waals surface area contributed by atoms with Crippen molar-refractivity contribution in [3.63, 3.8) is 0 Å². The summed E-state index contributed by atoms with van der Waals surface area (Å²) in [4.78, 5) is 11.6. The number of carbonyl (C=O) groups excluding carboxylic acids is 1. The second kappa shape index (κ2) is 6.25. The van der Waals surface area contributed by atoms with Gasteiger partial charge in [0, 0.05) is 23.5 Å². The fourth-order valence-electron chi connectivity index (χ4n) is 1.62. The number of hydrogen-bond donors (Lipinski definition) is 2. The third-order valence-corrected chi connectivity index (χ3v) is 2.52. The predicted octanol–water partition coefficient (Wildman–Crippen LogP) is 3.29. The van der Waals surface area contributed by atoms with Crippen LogP contribution in [0.3, 0.4) is 0 Å². The average molecular weight is 298 g/mol. The maximum atomic E-state index is 12.9. The number of anilines is 2. The number of nitrogens with one attached hydrogen (secondary N) is 2. The van der Waals surface area contributed by atoms with E-state index in [1.54, 1.807) is 0 Å². The highest BCUT2D eigenvalue weighted by Gasteiger charge is 2.07. The summed E-state index contributed by atoms with van der Waals surface area (Å²) in [5.41, 5.74) is 0.166. The van der Waals surface area contributed by atoms with E-state index in [0.29, 0.717) is 6.07 Å². The molecule has 0 aliphatic heterocycles. The molecule has 0 heterocycles. The van der Waals surface area contributed by atoms with Crippen molar-refractivity contribution in [2.24, 2.45) is 0 Å². The maximum Gasteiger partial charge on any atom is 0.243 e. The fraction of sp³-hybridized carbons (Fsp3) is 0.0714. The van der Waals surface area contributed by atoms with Crippen molar-refractivity contribution in [3.05, 3.63) is 59.7 Å². The number of rotatable bonds is 4. The van der Waals surface area contributed by atoms with Gasteiger partial charge in [0.25, 0.3) is 0 Å². The zero-order valence-corrected chi connectivity index (χ0v) is 10.6. The Hall–Kier alpha value is -2.57. The second-order valence-corrected chi connectivity index (χ2v) is 4.19. The molecule has 7 heteroatoms. The normalized spacial score (nSPS) is 10.3. The standard InChI is InChI=1S/C14H10F4N2O/c15-8-3-9(16)5-11(4-8)19-7-14(21)20-10-1-2-12(17)13(18)6-10/h1-6,19H,7H2,(H,20,21). The summed E-state index contributed by atoms with van der Waals surface area (Å²) >= 11 is 0. The van der Waals surface area contributed by atoms with E-state index in [2.05, 4.69) is 10.6 Å². The summed E-state index contributed by atoms with van der Waals surface area (Å²) in [5.74, 6) is -4.25. The Balaban J connectivity index is 1.94. The molecule has 0 aromatic heterocycles. The average Bonchev–Trinajstić information content (AvgIpc) is 2.40. The molecule has 0 aliphatic rings. The Bertz CT molecular complexity index is 656. The summed E-state index contributed by atoms with van der Waals surface area (Å²) < 4.78 is 51.5. The highest BCUT2D eigenvalue weighted by atomic mass is 19.2. The van der Waals surface area contributed by atoms with Crippen LogP contribution in [-0.2, 0) is 4.79 Å². The van der Waals surface area contributed by atoms with Gasteiger partial charge in [0.15, 0.2) is 11.6 Å². The van der Waals surface area contributed by atoms with Crippen LogP contribution in [0.1, 0.15) is 0 Å². The lowest BCUT2D eigenvalue weighted by atomic mass is 10.3. The van der Waals surface area contributed by atoms with Crippen molar-refractivity contribution < 1.29 is 22.4 Å². The number of hydrogen-bond acceptors (Lipinski definition) is 2. The number of halogens is 4. The third kappa shape index (κ3) is 4.20.